The van der Waals surface area contributed by atoms with Gasteiger partial charge in [-0.15, -0.1) is 0 Å². The molecule has 22 heavy (non-hydrogen) atoms. The van der Waals surface area contributed by atoms with Crippen LogP contribution in [0.1, 0.15) is 31.7 Å². The van der Waals surface area contributed by atoms with Crippen molar-refractivity contribution in [3.63, 3.8) is 0 Å². The summed E-state index contributed by atoms with van der Waals surface area (Å²) in [4.78, 5) is 7.04. The van der Waals surface area contributed by atoms with Crippen LogP contribution in [0.4, 0.5) is 0 Å². The lowest BCUT2D eigenvalue weighted by atomic mass is 10.1. The predicted molar refractivity (Wildman–Crippen MR) is 89.9 cm³/mol. The molecule has 1 heterocycles. The van der Waals surface area contributed by atoms with E-state index in [1.807, 2.05) is 6.07 Å². The molecule has 1 aromatic rings. The first-order chi connectivity index (χ1) is 10.8. The van der Waals surface area contributed by atoms with E-state index in [9.17, 15) is 0 Å². The molecule has 2 aliphatic rings. The van der Waals surface area contributed by atoms with Crippen LogP contribution in [0.3, 0.4) is 0 Å². The molecule has 120 valence electrons. The van der Waals surface area contributed by atoms with Gasteiger partial charge in [0, 0.05) is 31.6 Å². The zero-order valence-corrected chi connectivity index (χ0v) is 13.5. The smallest absolute Gasteiger partial charge is 0.194 e. The van der Waals surface area contributed by atoms with Gasteiger partial charge in [-0.25, -0.2) is 0 Å². The topological polar surface area (TPSA) is 36.9 Å². The Hall–Kier alpha value is -1.55. The first-order valence-corrected chi connectivity index (χ1v) is 8.52. The van der Waals surface area contributed by atoms with Crippen LogP contribution >= 0.6 is 0 Å². The molecule has 1 aromatic carbocycles. The van der Waals surface area contributed by atoms with E-state index in [0.29, 0.717) is 18.6 Å². The van der Waals surface area contributed by atoms with Crippen LogP contribution in [0.15, 0.2) is 35.3 Å². The van der Waals surface area contributed by atoms with Gasteiger partial charge in [0.25, 0.3) is 0 Å². The lowest BCUT2D eigenvalue weighted by Crippen LogP contribution is -2.41. The molecule has 4 heteroatoms. The second-order valence-electron chi connectivity index (χ2n) is 6.32. The summed E-state index contributed by atoms with van der Waals surface area (Å²) in [6.07, 6.45) is 3.78. The summed E-state index contributed by atoms with van der Waals surface area (Å²) >= 11 is 0. The van der Waals surface area contributed by atoms with Gasteiger partial charge in [0.05, 0.1) is 13.2 Å². The second kappa shape index (κ2) is 7.63. The normalized spacial score (nSPS) is 22.1. The summed E-state index contributed by atoms with van der Waals surface area (Å²) < 4.78 is 5.90. The zero-order chi connectivity index (χ0) is 15.2. The van der Waals surface area contributed by atoms with Crippen molar-refractivity contribution in [2.24, 2.45) is 10.9 Å². The van der Waals surface area contributed by atoms with Crippen molar-refractivity contribution in [3.05, 3.63) is 35.9 Å². The Balaban J connectivity index is 1.42. The lowest BCUT2D eigenvalue weighted by molar-refractivity contribution is 0.0906. The average Bonchev–Trinajstić information content (AvgIpc) is 3.24. The number of hydrogen-bond acceptors (Lipinski definition) is 2. The number of aliphatic imine (C=N–C) groups is 1. The Morgan fingerprint density at radius 2 is 2.09 bits per heavy atom. The minimum atomic E-state index is 0.617. The fraction of sp³-hybridized carbons (Fsp3) is 0.611. The molecule has 1 atom stereocenters. The van der Waals surface area contributed by atoms with E-state index in [2.05, 4.69) is 46.4 Å². The number of likely N-dealkylation sites (tertiary alicyclic amines) is 1. The van der Waals surface area contributed by atoms with Gasteiger partial charge >= 0.3 is 0 Å². The quantitative estimate of drug-likeness (QED) is 0.648. The minimum absolute atomic E-state index is 0.617. The predicted octanol–water partition coefficient (Wildman–Crippen LogP) is 2.65. The summed E-state index contributed by atoms with van der Waals surface area (Å²) in [6, 6.07) is 11.1. The van der Waals surface area contributed by atoms with Gasteiger partial charge in [0.2, 0.25) is 0 Å². The van der Waals surface area contributed by atoms with Crippen molar-refractivity contribution < 1.29 is 4.74 Å². The van der Waals surface area contributed by atoms with E-state index in [1.54, 1.807) is 0 Å². The van der Waals surface area contributed by atoms with E-state index in [-0.39, 0.29) is 0 Å². The molecule has 2 fully saturated rings. The van der Waals surface area contributed by atoms with E-state index in [1.165, 1.54) is 24.8 Å². The van der Waals surface area contributed by atoms with E-state index >= 15 is 0 Å². The molecular weight excluding hydrogens is 274 g/mol. The fourth-order valence-corrected chi connectivity index (χ4v) is 2.88. The van der Waals surface area contributed by atoms with Gasteiger partial charge < -0.3 is 15.0 Å². The van der Waals surface area contributed by atoms with Gasteiger partial charge in [-0.2, -0.15) is 0 Å². The zero-order valence-electron chi connectivity index (χ0n) is 13.5. The molecule has 1 unspecified atom stereocenters. The Labute approximate surface area is 133 Å². The number of nitrogens with zero attached hydrogens (tertiary/aromatic N) is 2. The number of hydrogen-bond donors (Lipinski definition) is 1. The molecule has 3 rings (SSSR count). The van der Waals surface area contributed by atoms with Gasteiger partial charge in [-0.05, 0) is 31.7 Å². The third kappa shape index (κ3) is 4.47. The molecule has 0 bridgehead atoms. The number of guanidine groups is 1. The number of rotatable bonds is 6. The first kappa shape index (κ1) is 15.3. The van der Waals surface area contributed by atoms with Crippen LogP contribution in [-0.2, 0) is 11.3 Å². The average molecular weight is 301 g/mol. The number of benzene rings is 1. The van der Waals surface area contributed by atoms with Crippen molar-refractivity contribution >= 4 is 5.96 Å². The molecule has 0 aromatic heterocycles. The van der Waals surface area contributed by atoms with Gasteiger partial charge in [0.1, 0.15) is 0 Å². The third-order valence-corrected chi connectivity index (χ3v) is 4.27. The van der Waals surface area contributed by atoms with Crippen molar-refractivity contribution in [3.8, 4) is 0 Å². The molecule has 1 saturated carbocycles. The summed E-state index contributed by atoms with van der Waals surface area (Å²) in [6.45, 7) is 6.67. The van der Waals surface area contributed by atoms with E-state index in [0.717, 1.165) is 32.2 Å². The van der Waals surface area contributed by atoms with Crippen molar-refractivity contribution in [1.82, 2.24) is 10.2 Å². The Bertz CT molecular complexity index is 484. The standard InChI is InChI=1S/C18H27N3O/c1-2-19-18(20-17-8-9-17)21-11-10-16(12-21)14-22-13-15-6-4-3-5-7-15/h3-7,16-17H,2,8-14H2,1H3,(H,19,20). The number of nitrogens with one attached hydrogen (secondary N) is 1. The van der Waals surface area contributed by atoms with Crippen molar-refractivity contribution in [1.29, 1.82) is 0 Å². The monoisotopic (exact) mass is 301 g/mol. The highest BCUT2D eigenvalue weighted by Crippen LogP contribution is 2.22. The Morgan fingerprint density at radius 1 is 1.27 bits per heavy atom. The molecular formula is C18H27N3O. The van der Waals surface area contributed by atoms with Crippen LogP contribution in [0, 0.1) is 5.92 Å². The van der Waals surface area contributed by atoms with E-state index < -0.39 is 0 Å². The fourth-order valence-electron chi connectivity index (χ4n) is 2.88. The highest BCUT2D eigenvalue weighted by molar-refractivity contribution is 5.80. The summed E-state index contributed by atoms with van der Waals surface area (Å²) in [5.41, 5.74) is 1.25. The summed E-state index contributed by atoms with van der Waals surface area (Å²) in [5.74, 6) is 1.72. The highest BCUT2D eigenvalue weighted by atomic mass is 16.5. The molecule has 0 radical (unpaired) electrons. The SMILES string of the molecule is CCN=C(NC1CC1)N1CCC(COCc2ccccc2)C1. The number of ether oxygens (including phenoxy) is 1. The van der Waals surface area contributed by atoms with Gasteiger partial charge in [-0.1, -0.05) is 30.3 Å². The Morgan fingerprint density at radius 3 is 2.82 bits per heavy atom. The second-order valence-corrected chi connectivity index (χ2v) is 6.32. The molecule has 4 nitrogen and oxygen atoms in total. The van der Waals surface area contributed by atoms with Crippen molar-refractivity contribution in [2.75, 3.05) is 26.2 Å². The molecule has 0 spiro atoms. The maximum Gasteiger partial charge on any atom is 0.194 e. The largest absolute Gasteiger partial charge is 0.376 e. The van der Waals surface area contributed by atoms with Crippen LogP contribution in [0.2, 0.25) is 0 Å². The van der Waals surface area contributed by atoms with Gasteiger partial charge in [-0.3, -0.25) is 4.99 Å². The first-order valence-electron chi connectivity index (χ1n) is 8.52. The van der Waals surface area contributed by atoms with Crippen LogP contribution in [0.5, 0.6) is 0 Å². The van der Waals surface area contributed by atoms with Crippen LogP contribution in [0.25, 0.3) is 0 Å². The molecule has 0 amide bonds. The maximum absolute atomic E-state index is 5.90. The molecule has 1 saturated heterocycles. The molecule has 1 aliphatic heterocycles. The molecule has 1 aliphatic carbocycles. The molecule has 1 N–H and O–H groups in total. The lowest BCUT2D eigenvalue weighted by Gasteiger charge is -2.22. The maximum atomic E-state index is 5.90. The highest BCUT2D eigenvalue weighted by Gasteiger charge is 2.29. The van der Waals surface area contributed by atoms with Crippen molar-refractivity contribution in [2.45, 2.75) is 38.8 Å². The van der Waals surface area contributed by atoms with E-state index in [4.69, 9.17) is 4.74 Å². The minimum Gasteiger partial charge on any atom is -0.376 e. The third-order valence-electron chi connectivity index (χ3n) is 4.27. The van der Waals surface area contributed by atoms with Crippen LogP contribution in [-0.4, -0.2) is 43.1 Å². The van der Waals surface area contributed by atoms with Crippen LogP contribution < -0.4 is 5.32 Å². The Kier molecular flexibility index (Phi) is 5.33. The van der Waals surface area contributed by atoms with Gasteiger partial charge in [0.15, 0.2) is 5.96 Å². The summed E-state index contributed by atoms with van der Waals surface area (Å²) in [7, 11) is 0. The summed E-state index contributed by atoms with van der Waals surface area (Å²) in [5, 5.41) is 3.57.